The second-order valence-corrected chi connectivity index (χ2v) is 9.56. The predicted octanol–water partition coefficient (Wildman–Crippen LogP) is 3.74. The summed E-state index contributed by atoms with van der Waals surface area (Å²) in [6.45, 7) is 8.25. The largest absolute Gasteiger partial charge is 0.478 e. The molecule has 2 N–H and O–H groups in total. The number of nitrogens with zero attached hydrogens (tertiary/aromatic N) is 5. The number of carboxylic acid groups (broad SMARTS) is 2. The number of hydrogen-bond acceptors (Lipinski definition) is 8. The van der Waals surface area contributed by atoms with Gasteiger partial charge in [0.2, 0.25) is 11.8 Å². The summed E-state index contributed by atoms with van der Waals surface area (Å²) in [6, 6.07) is 7.12. The standard InChI is InChI=1S/C22H29N5O2.C4H4O4/c1-15(2)27-14-17-4-3-5-19(20(17)25-27)22-24-23-21(29-22)16-6-10-26(11-7-16)18-8-12-28-13-9-18;5-3(6)1-2-4(7)8/h3-5,14-16,18H,6-13H2,1-2H3;1-2H,(H,5,6)(H,7,8). The molecule has 2 aromatic heterocycles. The second-order valence-electron chi connectivity index (χ2n) is 9.56. The summed E-state index contributed by atoms with van der Waals surface area (Å²) in [7, 11) is 0. The number of aliphatic carboxylic acids is 2. The summed E-state index contributed by atoms with van der Waals surface area (Å²) in [6.07, 6.45) is 7.65. The van der Waals surface area contributed by atoms with E-state index in [-0.39, 0.29) is 0 Å². The van der Waals surface area contributed by atoms with Crippen LogP contribution >= 0.6 is 0 Å². The first-order valence-corrected chi connectivity index (χ1v) is 12.6. The van der Waals surface area contributed by atoms with Crippen LogP contribution in [-0.4, -0.2) is 79.4 Å². The lowest BCUT2D eigenvalue weighted by Gasteiger charge is -2.38. The lowest BCUT2D eigenvalue weighted by atomic mass is 9.94. The number of hydrogen-bond donors (Lipinski definition) is 2. The maximum absolute atomic E-state index is 9.55. The van der Waals surface area contributed by atoms with Gasteiger partial charge in [0.05, 0.1) is 5.56 Å². The highest BCUT2D eigenvalue weighted by atomic mass is 16.5. The molecule has 11 heteroatoms. The predicted molar refractivity (Wildman–Crippen MR) is 135 cm³/mol. The van der Waals surface area contributed by atoms with Crippen LogP contribution in [0.25, 0.3) is 22.4 Å². The molecule has 0 aliphatic carbocycles. The van der Waals surface area contributed by atoms with Crippen LogP contribution in [0.5, 0.6) is 0 Å². The lowest BCUT2D eigenvalue weighted by Crippen LogP contribution is -2.43. The van der Waals surface area contributed by atoms with Crippen LogP contribution in [0.15, 0.2) is 41.0 Å². The molecule has 4 heterocycles. The minimum Gasteiger partial charge on any atom is -0.478 e. The van der Waals surface area contributed by atoms with Crippen LogP contribution < -0.4 is 0 Å². The molecule has 37 heavy (non-hydrogen) atoms. The van der Waals surface area contributed by atoms with Crippen LogP contribution in [0.2, 0.25) is 0 Å². The minimum atomic E-state index is -1.26. The topological polar surface area (TPSA) is 144 Å². The molecule has 0 unspecified atom stereocenters. The first-order chi connectivity index (χ1) is 17.8. The highest BCUT2D eigenvalue weighted by molar-refractivity contribution is 5.91. The van der Waals surface area contributed by atoms with E-state index in [1.165, 1.54) is 0 Å². The normalized spacial score (nSPS) is 17.8. The van der Waals surface area contributed by atoms with Gasteiger partial charge < -0.3 is 24.3 Å². The van der Waals surface area contributed by atoms with E-state index in [4.69, 9.17) is 24.5 Å². The number of likely N-dealkylation sites (tertiary alicyclic amines) is 1. The van der Waals surface area contributed by atoms with Gasteiger partial charge in [0, 0.05) is 55.0 Å². The number of ether oxygens (including phenoxy) is 1. The molecule has 0 bridgehead atoms. The van der Waals surface area contributed by atoms with Gasteiger partial charge in [-0.15, -0.1) is 10.2 Å². The molecule has 1 aromatic carbocycles. The quantitative estimate of drug-likeness (QED) is 0.470. The van der Waals surface area contributed by atoms with Gasteiger partial charge in [0.15, 0.2) is 0 Å². The third-order valence-electron chi connectivity index (χ3n) is 6.71. The first kappa shape index (κ1) is 26.5. The summed E-state index contributed by atoms with van der Waals surface area (Å²) >= 11 is 0. The second kappa shape index (κ2) is 12.1. The third kappa shape index (κ3) is 6.80. The van der Waals surface area contributed by atoms with Gasteiger partial charge in [-0.25, -0.2) is 9.59 Å². The van der Waals surface area contributed by atoms with Gasteiger partial charge in [0.25, 0.3) is 0 Å². The summed E-state index contributed by atoms with van der Waals surface area (Å²) in [5.41, 5.74) is 1.84. The van der Waals surface area contributed by atoms with Crippen molar-refractivity contribution in [2.75, 3.05) is 26.3 Å². The fraction of sp³-hybridized carbons (Fsp3) is 0.500. The highest BCUT2D eigenvalue weighted by Gasteiger charge is 2.30. The monoisotopic (exact) mass is 511 g/mol. The molecule has 3 aromatic rings. The highest BCUT2D eigenvalue weighted by Crippen LogP contribution is 2.33. The zero-order chi connectivity index (χ0) is 26.4. The molecule has 0 saturated carbocycles. The Balaban J connectivity index is 0.000000349. The molecule has 0 spiro atoms. The fourth-order valence-electron chi connectivity index (χ4n) is 4.71. The van der Waals surface area contributed by atoms with Gasteiger partial charge in [-0.05, 0) is 58.7 Å². The van der Waals surface area contributed by atoms with Crippen molar-refractivity contribution in [1.29, 1.82) is 0 Å². The smallest absolute Gasteiger partial charge is 0.328 e. The molecule has 2 aliphatic rings. The Kier molecular flexibility index (Phi) is 8.67. The summed E-state index contributed by atoms with van der Waals surface area (Å²) in [5, 5.41) is 30.3. The third-order valence-corrected chi connectivity index (χ3v) is 6.71. The number of benzene rings is 1. The number of piperidine rings is 1. The number of carbonyl (C=O) groups is 2. The minimum absolute atomic E-state index is 0.314. The summed E-state index contributed by atoms with van der Waals surface area (Å²) in [5.74, 6) is -0.821. The molecule has 2 fully saturated rings. The van der Waals surface area contributed by atoms with Crippen molar-refractivity contribution < 1.29 is 29.0 Å². The number of aromatic nitrogens is 4. The van der Waals surface area contributed by atoms with Crippen molar-refractivity contribution in [1.82, 2.24) is 24.9 Å². The Bertz CT molecular complexity index is 1220. The Morgan fingerprint density at radius 3 is 2.32 bits per heavy atom. The van der Waals surface area contributed by atoms with Gasteiger partial charge in [0.1, 0.15) is 5.52 Å². The molecular formula is C26H33N5O6. The number of carboxylic acids is 2. The Morgan fingerprint density at radius 2 is 1.70 bits per heavy atom. The average molecular weight is 512 g/mol. The molecule has 2 saturated heterocycles. The maximum Gasteiger partial charge on any atom is 0.328 e. The molecule has 2 aliphatic heterocycles. The van der Waals surface area contributed by atoms with Crippen molar-refractivity contribution in [3.8, 4) is 11.5 Å². The fourth-order valence-corrected chi connectivity index (χ4v) is 4.71. The average Bonchev–Trinajstić information content (AvgIpc) is 3.56. The van der Waals surface area contributed by atoms with Crippen molar-refractivity contribution in [2.24, 2.45) is 0 Å². The van der Waals surface area contributed by atoms with E-state index in [1.807, 2.05) is 16.8 Å². The first-order valence-electron chi connectivity index (χ1n) is 12.6. The van der Waals surface area contributed by atoms with E-state index in [1.54, 1.807) is 0 Å². The van der Waals surface area contributed by atoms with Gasteiger partial charge in [-0.2, -0.15) is 5.10 Å². The lowest BCUT2D eigenvalue weighted by molar-refractivity contribution is -0.134. The SMILES string of the molecule is CC(C)n1cc2cccc(-c3nnc(C4CCN(C5CCOCC5)CC4)o3)c2n1.O=C(O)C=CC(=O)O. The van der Waals surface area contributed by atoms with E-state index in [9.17, 15) is 9.59 Å². The number of rotatable bonds is 6. The molecule has 5 rings (SSSR count). The molecule has 0 radical (unpaired) electrons. The van der Waals surface area contributed by atoms with Crippen LogP contribution in [0.4, 0.5) is 0 Å². The van der Waals surface area contributed by atoms with Crippen molar-refractivity contribution in [2.45, 2.75) is 57.5 Å². The number of fused-ring (bicyclic) bond motifs is 1. The van der Waals surface area contributed by atoms with Crippen molar-refractivity contribution in [3.63, 3.8) is 0 Å². The molecule has 0 amide bonds. The van der Waals surface area contributed by atoms with Gasteiger partial charge in [-0.3, -0.25) is 4.68 Å². The molecular weight excluding hydrogens is 478 g/mol. The zero-order valence-corrected chi connectivity index (χ0v) is 21.1. The van der Waals surface area contributed by atoms with E-state index in [2.05, 4.69) is 41.2 Å². The van der Waals surface area contributed by atoms with Gasteiger partial charge in [-0.1, -0.05) is 12.1 Å². The molecule has 198 valence electrons. The van der Waals surface area contributed by atoms with E-state index in [0.29, 0.717) is 36.0 Å². The van der Waals surface area contributed by atoms with E-state index >= 15 is 0 Å². The summed E-state index contributed by atoms with van der Waals surface area (Å²) < 4.78 is 13.6. The Hall–Kier alpha value is -3.57. The maximum atomic E-state index is 9.55. The molecule has 11 nitrogen and oxygen atoms in total. The van der Waals surface area contributed by atoms with E-state index < -0.39 is 11.9 Å². The Labute approximate surface area is 214 Å². The van der Waals surface area contributed by atoms with Gasteiger partial charge >= 0.3 is 11.9 Å². The van der Waals surface area contributed by atoms with Crippen molar-refractivity contribution >= 4 is 22.8 Å². The van der Waals surface area contributed by atoms with Crippen molar-refractivity contribution in [3.05, 3.63) is 42.4 Å². The molecule has 0 atom stereocenters. The summed E-state index contributed by atoms with van der Waals surface area (Å²) in [4.78, 5) is 21.7. The van der Waals surface area contributed by atoms with Crippen LogP contribution in [0, 0.1) is 0 Å². The van der Waals surface area contributed by atoms with Crippen LogP contribution in [0.3, 0.4) is 0 Å². The Morgan fingerprint density at radius 1 is 1.03 bits per heavy atom. The van der Waals surface area contributed by atoms with Crippen LogP contribution in [-0.2, 0) is 14.3 Å². The zero-order valence-electron chi connectivity index (χ0n) is 21.1. The van der Waals surface area contributed by atoms with Crippen LogP contribution in [0.1, 0.15) is 57.4 Å². The van der Waals surface area contributed by atoms with E-state index in [0.717, 1.165) is 74.3 Å².